The molecule has 0 aromatic rings. The monoisotopic (exact) mass is 221 g/mol. The maximum atomic E-state index is 10.7. The summed E-state index contributed by atoms with van der Waals surface area (Å²) in [5.41, 5.74) is 2.34. The van der Waals surface area contributed by atoms with Crippen molar-refractivity contribution in [3.8, 4) is 6.07 Å². The number of hydrogen-bond acceptors (Lipinski definition) is 3. The lowest BCUT2D eigenvalue weighted by molar-refractivity contribution is -0.142. The van der Waals surface area contributed by atoms with Gasteiger partial charge in [-0.05, 0) is 39.7 Å². The first-order valence-corrected chi connectivity index (χ1v) is 5.33. The van der Waals surface area contributed by atoms with Crippen molar-refractivity contribution in [2.24, 2.45) is 0 Å². The van der Waals surface area contributed by atoms with Crippen LogP contribution in [0, 0.1) is 11.3 Å². The summed E-state index contributed by atoms with van der Waals surface area (Å²) < 4.78 is 4.81. The SMILES string of the molecule is CC(=O)OC(C#N)/C=C(\C)CCC=C(C)C. The molecule has 0 aliphatic heterocycles. The van der Waals surface area contributed by atoms with E-state index in [9.17, 15) is 4.79 Å². The largest absolute Gasteiger partial charge is 0.443 e. The second-order valence-corrected chi connectivity index (χ2v) is 3.99. The molecule has 0 bridgehead atoms. The first kappa shape index (κ1) is 14.4. The van der Waals surface area contributed by atoms with Crippen LogP contribution >= 0.6 is 0 Å². The van der Waals surface area contributed by atoms with E-state index < -0.39 is 12.1 Å². The Morgan fingerprint density at radius 3 is 2.44 bits per heavy atom. The minimum Gasteiger partial charge on any atom is -0.443 e. The molecule has 0 aliphatic carbocycles. The molecule has 88 valence electrons. The number of carbonyl (C=O) groups excluding carboxylic acids is 1. The summed E-state index contributed by atoms with van der Waals surface area (Å²) in [7, 11) is 0. The fourth-order valence-electron chi connectivity index (χ4n) is 1.21. The van der Waals surface area contributed by atoms with Crippen molar-refractivity contribution >= 4 is 5.97 Å². The van der Waals surface area contributed by atoms with Gasteiger partial charge >= 0.3 is 5.97 Å². The second kappa shape index (κ2) is 7.70. The van der Waals surface area contributed by atoms with Gasteiger partial charge in [-0.1, -0.05) is 17.2 Å². The van der Waals surface area contributed by atoms with E-state index in [-0.39, 0.29) is 0 Å². The van der Waals surface area contributed by atoms with Gasteiger partial charge in [-0.25, -0.2) is 0 Å². The van der Waals surface area contributed by atoms with E-state index in [1.54, 1.807) is 6.08 Å². The standard InChI is InChI=1S/C13H19NO2/c1-10(2)6-5-7-11(3)8-13(9-14)16-12(4)15/h6,8,13H,5,7H2,1-4H3/b11-8+. The Balaban J connectivity index is 4.23. The first-order valence-electron chi connectivity index (χ1n) is 5.33. The van der Waals surface area contributed by atoms with Gasteiger partial charge in [0.2, 0.25) is 6.10 Å². The van der Waals surface area contributed by atoms with E-state index in [2.05, 4.69) is 19.9 Å². The Bertz CT molecular complexity index is 330. The fourth-order valence-corrected chi connectivity index (χ4v) is 1.21. The van der Waals surface area contributed by atoms with Crippen molar-refractivity contribution in [1.29, 1.82) is 5.26 Å². The van der Waals surface area contributed by atoms with Crippen molar-refractivity contribution in [3.63, 3.8) is 0 Å². The molecule has 0 spiro atoms. The minimum absolute atomic E-state index is 0.431. The zero-order chi connectivity index (χ0) is 12.6. The highest BCUT2D eigenvalue weighted by Gasteiger charge is 2.06. The summed E-state index contributed by atoms with van der Waals surface area (Å²) in [5, 5.41) is 8.75. The third-order valence-corrected chi connectivity index (χ3v) is 1.95. The van der Waals surface area contributed by atoms with E-state index in [4.69, 9.17) is 10.00 Å². The number of esters is 1. The fraction of sp³-hybridized carbons (Fsp3) is 0.538. The van der Waals surface area contributed by atoms with Crippen LogP contribution in [0.3, 0.4) is 0 Å². The molecule has 0 radical (unpaired) electrons. The second-order valence-electron chi connectivity index (χ2n) is 3.99. The van der Waals surface area contributed by atoms with E-state index in [1.165, 1.54) is 12.5 Å². The number of rotatable bonds is 5. The Kier molecular flexibility index (Phi) is 6.95. The van der Waals surface area contributed by atoms with Gasteiger partial charge in [-0.15, -0.1) is 0 Å². The van der Waals surface area contributed by atoms with Gasteiger partial charge in [-0.2, -0.15) is 5.26 Å². The summed E-state index contributed by atoms with van der Waals surface area (Å²) in [4.78, 5) is 10.7. The lowest BCUT2D eigenvalue weighted by Crippen LogP contribution is -2.11. The molecule has 0 heterocycles. The van der Waals surface area contributed by atoms with Crippen LogP contribution in [0.2, 0.25) is 0 Å². The molecule has 0 fully saturated rings. The lowest BCUT2D eigenvalue weighted by Gasteiger charge is -2.06. The Hall–Kier alpha value is -1.56. The molecule has 0 aromatic carbocycles. The van der Waals surface area contributed by atoms with E-state index in [0.29, 0.717) is 0 Å². The predicted octanol–water partition coefficient (Wildman–Crippen LogP) is 3.13. The molecule has 0 N–H and O–H groups in total. The minimum atomic E-state index is -0.760. The Morgan fingerprint density at radius 1 is 1.38 bits per heavy atom. The van der Waals surface area contributed by atoms with Gasteiger partial charge in [0.15, 0.2) is 0 Å². The van der Waals surface area contributed by atoms with Crippen molar-refractivity contribution < 1.29 is 9.53 Å². The summed E-state index contributed by atoms with van der Waals surface area (Å²) in [6.07, 6.45) is 4.90. The van der Waals surface area contributed by atoms with Crippen molar-refractivity contribution in [2.75, 3.05) is 0 Å². The number of carbonyl (C=O) groups is 1. The number of ether oxygens (including phenoxy) is 1. The summed E-state index contributed by atoms with van der Waals surface area (Å²) in [6, 6.07) is 1.93. The van der Waals surface area contributed by atoms with Crippen molar-refractivity contribution in [3.05, 3.63) is 23.3 Å². The molecule has 3 nitrogen and oxygen atoms in total. The third-order valence-electron chi connectivity index (χ3n) is 1.95. The molecule has 0 aliphatic rings. The third kappa shape index (κ3) is 7.81. The smallest absolute Gasteiger partial charge is 0.304 e. The first-order chi connectivity index (χ1) is 7.45. The van der Waals surface area contributed by atoms with Gasteiger partial charge in [0.25, 0.3) is 0 Å². The molecule has 1 unspecified atom stereocenters. The van der Waals surface area contributed by atoms with Crippen LogP contribution in [0.15, 0.2) is 23.3 Å². The zero-order valence-electron chi connectivity index (χ0n) is 10.4. The maximum Gasteiger partial charge on any atom is 0.304 e. The molecule has 0 rings (SSSR count). The zero-order valence-corrected chi connectivity index (χ0v) is 10.4. The van der Waals surface area contributed by atoms with Crippen LogP contribution in [0.25, 0.3) is 0 Å². The molecule has 0 amide bonds. The molecular formula is C13H19NO2. The topological polar surface area (TPSA) is 50.1 Å². The Labute approximate surface area is 97.4 Å². The van der Waals surface area contributed by atoms with Crippen LogP contribution in [-0.2, 0) is 9.53 Å². The normalized spacial score (nSPS) is 12.6. The number of hydrogen-bond donors (Lipinski definition) is 0. The molecule has 0 saturated carbocycles. The van der Waals surface area contributed by atoms with Gasteiger partial charge in [0.05, 0.1) is 0 Å². The van der Waals surface area contributed by atoms with Crippen LogP contribution in [-0.4, -0.2) is 12.1 Å². The van der Waals surface area contributed by atoms with Crippen LogP contribution in [0.5, 0.6) is 0 Å². The molecular weight excluding hydrogens is 202 g/mol. The van der Waals surface area contributed by atoms with Crippen molar-refractivity contribution in [1.82, 2.24) is 0 Å². The predicted molar refractivity (Wildman–Crippen MR) is 63.6 cm³/mol. The highest BCUT2D eigenvalue weighted by atomic mass is 16.5. The van der Waals surface area contributed by atoms with Gasteiger partial charge < -0.3 is 4.74 Å². The number of nitriles is 1. The summed E-state index contributed by atoms with van der Waals surface area (Å²) in [6.45, 7) is 7.34. The lowest BCUT2D eigenvalue weighted by atomic mass is 10.1. The Morgan fingerprint density at radius 2 is 2.00 bits per heavy atom. The summed E-state index contributed by atoms with van der Waals surface area (Å²) >= 11 is 0. The molecule has 16 heavy (non-hydrogen) atoms. The molecule has 0 saturated heterocycles. The van der Waals surface area contributed by atoms with Crippen LogP contribution < -0.4 is 0 Å². The average Bonchev–Trinajstić information content (AvgIpc) is 2.15. The quantitative estimate of drug-likeness (QED) is 0.529. The van der Waals surface area contributed by atoms with Crippen LogP contribution in [0.1, 0.15) is 40.5 Å². The van der Waals surface area contributed by atoms with Crippen LogP contribution in [0.4, 0.5) is 0 Å². The van der Waals surface area contributed by atoms with E-state index in [1.807, 2.05) is 13.0 Å². The highest BCUT2D eigenvalue weighted by molar-refractivity contribution is 5.66. The summed E-state index contributed by atoms with van der Waals surface area (Å²) in [5.74, 6) is -0.431. The van der Waals surface area contributed by atoms with Gasteiger partial charge in [0, 0.05) is 6.92 Å². The molecule has 0 aromatic heterocycles. The van der Waals surface area contributed by atoms with Crippen molar-refractivity contribution in [2.45, 2.75) is 46.6 Å². The number of allylic oxidation sites excluding steroid dienone is 3. The van der Waals surface area contributed by atoms with Gasteiger partial charge in [0.1, 0.15) is 6.07 Å². The average molecular weight is 221 g/mol. The van der Waals surface area contributed by atoms with E-state index >= 15 is 0 Å². The molecule has 3 heteroatoms. The van der Waals surface area contributed by atoms with E-state index in [0.717, 1.165) is 18.4 Å². The molecule has 1 atom stereocenters. The number of nitrogens with zero attached hydrogens (tertiary/aromatic N) is 1. The highest BCUT2D eigenvalue weighted by Crippen LogP contribution is 2.09. The van der Waals surface area contributed by atoms with Gasteiger partial charge in [-0.3, -0.25) is 4.79 Å². The maximum absolute atomic E-state index is 10.7.